The monoisotopic (exact) mass is 349 g/mol. The first-order chi connectivity index (χ1) is 11.2. The van der Waals surface area contributed by atoms with Crippen molar-refractivity contribution in [1.82, 2.24) is 0 Å². The van der Waals surface area contributed by atoms with Gasteiger partial charge in [-0.1, -0.05) is 24.1 Å². The van der Waals surface area contributed by atoms with Crippen molar-refractivity contribution in [3.8, 4) is 11.5 Å². The second-order valence-electron chi connectivity index (χ2n) is 4.88. The van der Waals surface area contributed by atoms with Gasteiger partial charge in [-0.25, -0.2) is 0 Å². The fraction of sp³-hybridized carbons (Fsp3) is 0.333. The van der Waals surface area contributed by atoms with E-state index >= 15 is 0 Å². The molecule has 1 heterocycles. The Morgan fingerprint density at radius 3 is 2.13 bits per heavy atom. The second kappa shape index (κ2) is 8.99. The molecular weight excluding hydrogens is 326 g/mol. The van der Waals surface area contributed by atoms with Crippen LogP contribution in [0.4, 0.5) is 5.69 Å². The summed E-state index contributed by atoms with van der Waals surface area (Å²) in [4.78, 5) is 1.38. The molecule has 1 aliphatic heterocycles. The van der Waals surface area contributed by atoms with E-state index in [9.17, 15) is 0 Å². The fourth-order valence-corrected chi connectivity index (χ4v) is 3.56. The van der Waals surface area contributed by atoms with Gasteiger partial charge in [0, 0.05) is 17.7 Å². The highest BCUT2D eigenvalue weighted by atomic mass is 32.2. The maximum absolute atomic E-state index is 5.01. The number of benzene rings is 2. The third-order valence-electron chi connectivity index (χ3n) is 3.65. The Kier molecular flexibility index (Phi) is 6.99. The highest BCUT2D eigenvalue weighted by molar-refractivity contribution is 8.00. The molecule has 0 unspecified atom stereocenters. The fourth-order valence-electron chi connectivity index (χ4n) is 2.45. The largest absolute Gasteiger partial charge is 0.493 e. The number of para-hydroxylation sites is 2. The smallest absolute Gasteiger partial charge is 0.160 e. The number of fused-ring (bicyclic) bond motifs is 1. The summed E-state index contributed by atoms with van der Waals surface area (Å²) in [5, 5.41) is 0. The van der Waals surface area contributed by atoms with Crippen molar-refractivity contribution in [3.63, 3.8) is 0 Å². The van der Waals surface area contributed by atoms with E-state index in [0.29, 0.717) is 0 Å². The van der Waals surface area contributed by atoms with E-state index in [1.54, 1.807) is 14.2 Å². The zero-order valence-corrected chi connectivity index (χ0v) is 15.7. The van der Waals surface area contributed by atoms with Crippen LogP contribution in [0.5, 0.6) is 11.5 Å². The number of hydrogen-bond donors (Lipinski definition) is 0. The predicted molar refractivity (Wildman–Crippen MR) is 102 cm³/mol. The lowest BCUT2D eigenvalue weighted by atomic mass is 10.2. The summed E-state index contributed by atoms with van der Waals surface area (Å²) in [6, 6.07) is 14.3. The van der Waals surface area contributed by atoms with E-state index in [4.69, 9.17) is 9.47 Å². The minimum absolute atomic E-state index is 0.769. The van der Waals surface area contributed by atoms with Crippen LogP contribution in [0.1, 0.15) is 5.56 Å². The van der Waals surface area contributed by atoms with Gasteiger partial charge in [0.15, 0.2) is 11.5 Å². The minimum atomic E-state index is 0.769. The van der Waals surface area contributed by atoms with E-state index in [1.165, 1.54) is 22.6 Å². The Morgan fingerprint density at radius 2 is 1.61 bits per heavy atom. The Balaban J connectivity index is 0.000000174. The van der Waals surface area contributed by atoms with Crippen LogP contribution >= 0.6 is 23.7 Å². The molecule has 5 heteroatoms. The topological polar surface area (TPSA) is 21.7 Å². The molecule has 1 aliphatic rings. The maximum Gasteiger partial charge on any atom is 0.160 e. The molecule has 0 saturated heterocycles. The van der Waals surface area contributed by atoms with E-state index in [1.807, 2.05) is 48.0 Å². The summed E-state index contributed by atoms with van der Waals surface area (Å²) in [7, 11) is 3.25. The normalized spacial score (nSPS) is 12.3. The number of nitrogens with zero attached hydrogens (tertiary/aromatic N) is 1. The number of rotatable bonds is 4. The third-order valence-corrected chi connectivity index (χ3v) is 5.19. The van der Waals surface area contributed by atoms with Gasteiger partial charge in [-0.2, -0.15) is 0 Å². The standard InChI is InChI=1S/C10H13NS2.C8H10O2/c1-12-9-3-4-10-8(7-9)5-6-11(10)13-2;1-9-7-5-3-4-6-8(7)10-2/h3-4,7H,5-6H2,1-2H3;3-6H,1-2H3. The summed E-state index contributed by atoms with van der Waals surface area (Å²) >= 11 is 3.63. The van der Waals surface area contributed by atoms with E-state index in [-0.39, 0.29) is 0 Å². The van der Waals surface area contributed by atoms with Crippen LogP contribution in [0.3, 0.4) is 0 Å². The van der Waals surface area contributed by atoms with Crippen molar-refractivity contribution in [2.75, 3.05) is 37.6 Å². The molecule has 3 rings (SSSR count). The lowest BCUT2D eigenvalue weighted by molar-refractivity contribution is 0.355. The van der Waals surface area contributed by atoms with Crippen molar-refractivity contribution in [2.24, 2.45) is 0 Å². The molecule has 0 bridgehead atoms. The molecule has 0 amide bonds. The molecule has 23 heavy (non-hydrogen) atoms. The average molecular weight is 350 g/mol. The van der Waals surface area contributed by atoms with Gasteiger partial charge in [0.1, 0.15) is 0 Å². The third kappa shape index (κ3) is 4.52. The van der Waals surface area contributed by atoms with Gasteiger partial charge in [0.25, 0.3) is 0 Å². The minimum Gasteiger partial charge on any atom is -0.493 e. The van der Waals surface area contributed by atoms with E-state index in [0.717, 1.165) is 18.0 Å². The van der Waals surface area contributed by atoms with Crippen LogP contribution in [-0.2, 0) is 6.42 Å². The zero-order chi connectivity index (χ0) is 16.7. The summed E-state index contributed by atoms with van der Waals surface area (Å²) in [6.07, 6.45) is 5.46. The van der Waals surface area contributed by atoms with Crippen LogP contribution < -0.4 is 13.8 Å². The Morgan fingerprint density at radius 1 is 0.957 bits per heavy atom. The van der Waals surface area contributed by atoms with Crippen LogP contribution in [-0.4, -0.2) is 33.3 Å². The molecule has 0 saturated carbocycles. The lowest BCUT2D eigenvalue weighted by Gasteiger charge is -2.14. The van der Waals surface area contributed by atoms with Gasteiger partial charge in [0.05, 0.1) is 19.9 Å². The summed E-state index contributed by atoms with van der Waals surface area (Å²) in [6.45, 7) is 1.16. The zero-order valence-electron chi connectivity index (χ0n) is 14.0. The number of hydrogen-bond acceptors (Lipinski definition) is 5. The SMILES string of the molecule is COc1ccccc1OC.CSc1ccc2c(c1)CCN2SC. The molecule has 0 fully saturated rings. The summed E-state index contributed by atoms with van der Waals surface area (Å²) in [5.74, 6) is 1.54. The molecule has 2 aromatic carbocycles. The van der Waals surface area contributed by atoms with Gasteiger partial charge in [0.2, 0.25) is 0 Å². The molecule has 0 spiro atoms. The number of thioether (sulfide) groups is 1. The van der Waals surface area contributed by atoms with Crippen molar-refractivity contribution in [1.29, 1.82) is 0 Å². The molecule has 124 valence electrons. The lowest BCUT2D eigenvalue weighted by Crippen LogP contribution is -2.08. The van der Waals surface area contributed by atoms with Crippen LogP contribution in [0.25, 0.3) is 0 Å². The summed E-state index contributed by atoms with van der Waals surface area (Å²) in [5.41, 5.74) is 2.91. The van der Waals surface area contributed by atoms with Gasteiger partial charge < -0.3 is 13.8 Å². The Hall–Kier alpha value is -1.46. The van der Waals surface area contributed by atoms with Gasteiger partial charge in [-0.15, -0.1) is 11.8 Å². The molecular formula is C18H23NO2S2. The Bertz CT molecular complexity index is 611. The molecule has 2 aromatic rings. The van der Waals surface area contributed by atoms with Crippen molar-refractivity contribution < 1.29 is 9.47 Å². The average Bonchev–Trinajstić information content (AvgIpc) is 3.04. The molecule has 3 nitrogen and oxygen atoms in total. The van der Waals surface area contributed by atoms with E-state index < -0.39 is 0 Å². The molecule has 0 aliphatic carbocycles. The van der Waals surface area contributed by atoms with Gasteiger partial charge >= 0.3 is 0 Å². The van der Waals surface area contributed by atoms with Crippen LogP contribution in [0.2, 0.25) is 0 Å². The molecule has 0 N–H and O–H groups in total. The quantitative estimate of drug-likeness (QED) is 0.585. The predicted octanol–water partition coefficient (Wildman–Crippen LogP) is 4.75. The highest BCUT2D eigenvalue weighted by Crippen LogP contribution is 2.34. The van der Waals surface area contributed by atoms with Crippen molar-refractivity contribution >= 4 is 29.4 Å². The first kappa shape index (κ1) is 17.9. The number of anilines is 1. The van der Waals surface area contributed by atoms with E-state index in [2.05, 4.69) is 35.0 Å². The summed E-state index contributed by atoms with van der Waals surface area (Å²) < 4.78 is 12.4. The van der Waals surface area contributed by atoms with Crippen molar-refractivity contribution in [3.05, 3.63) is 48.0 Å². The first-order valence-electron chi connectivity index (χ1n) is 7.39. The second-order valence-corrected chi connectivity index (χ2v) is 6.57. The highest BCUT2D eigenvalue weighted by Gasteiger charge is 2.17. The Labute approximate surface area is 147 Å². The van der Waals surface area contributed by atoms with Crippen molar-refractivity contribution in [2.45, 2.75) is 11.3 Å². The number of ether oxygens (including phenoxy) is 2. The van der Waals surface area contributed by atoms with Crippen LogP contribution in [0, 0.1) is 0 Å². The van der Waals surface area contributed by atoms with Gasteiger partial charge in [-0.3, -0.25) is 0 Å². The first-order valence-corrected chi connectivity index (χ1v) is 9.79. The molecule has 0 atom stereocenters. The maximum atomic E-state index is 5.01. The van der Waals surface area contributed by atoms with Gasteiger partial charge in [-0.05, 0) is 48.6 Å². The number of methoxy groups -OCH3 is 2. The van der Waals surface area contributed by atoms with Crippen LogP contribution in [0.15, 0.2) is 47.4 Å². The molecule has 0 aromatic heterocycles. The molecule has 0 radical (unpaired) electrons.